The molecule has 0 aromatic heterocycles. The van der Waals surface area contributed by atoms with Gasteiger partial charge in [-0.2, -0.15) is 0 Å². The van der Waals surface area contributed by atoms with E-state index < -0.39 is 17.9 Å². The van der Waals surface area contributed by atoms with E-state index in [2.05, 4.69) is 12.1 Å². The van der Waals surface area contributed by atoms with Crippen molar-refractivity contribution in [2.45, 2.75) is 39.0 Å². The zero-order valence-corrected chi connectivity index (χ0v) is 11.8. The van der Waals surface area contributed by atoms with Gasteiger partial charge in [-0.25, -0.2) is 0 Å². The van der Waals surface area contributed by atoms with Crippen LogP contribution >= 0.6 is 0 Å². The second kappa shape index (κ2) is 8.35. The summed E-state index contributed by atoms with van der Waals surface area (Å²) in [5, 5.41) is 17.8. The number of carbonyl (C=O) groups is 2. The Kier molecular flexibility index (Phi) is 6.77. The van der Waals surface area contributed by atoms with E-state index in [1.807, 2.05) is 25.1 Å². The summed E-state index contributed by atoms with van der Waals surface area (Å²) in [6.07, 6.45) is 3.79. The smallest absolute Gasteiger partial charge is 0.317 e. The number of aryl methyl sites for hydroxylation is 1. The minimum atomic E-state index is -1.28. The largest absolute Gasteiger partial charge is 0.481 e. The molecule has 4 nitrogen and oxygen atoms in total. The summed E-state index contributed by atoms with van der Waals surface area (Å²) in [6, 6.07) is 10.1. The zero-order chi connectivity index (χ0) is 15.0. The minimum absolute atomic E-state index is 0.149. The molecular formula is C16H22O4. The van der Waals surface area contributed by atoms with Gasteiger partial charge in [-0.05, 0) is 30.7 Å². The van der Waals surface area contributed by atoms with Crippen molar-refractivity contribution in [1.29, 1.82) is 0 Å². The summed E-state index contributed by atoms with van der Waals surface area (Å²) in [5.74, 6) is -3.61. The Balaban J connectivity index is 2.43. The first-order chi connectivity index (χ1) is 9.54. The Labute approximate surface area is 119 Å². The molecule has 1 atom stereocenters. The maximum Gasteiger partial charge on any atom is 0.317 e. The lowest BCUT2D eigenvalue weighted by atomic mass is 9.88. The summed E-state index contributed by atoms with van der Waals surface area (Å²) in [4.78, 5) is 21.8. The van der Waals surface area contributed by atoms with Gasteiger partial charge in [0.2, 0.25) is 0 Å². The van der Waals surface area contributed by atoms with Crippen molar-refractivity contribution in [2.75, 3.05) is 0 Å². The molecule has 0 saturated carbocycles. The van der Waals surface area contributed by atoms with E-state index in [9.17, 15) is 9.59 Å². The molecule has 0 fully saturated rings. The van der Waals surface area contributed by atoms with E-state index >= 15 is 0 Å². The first-order valence-electron chi connectivity index (χ1n) is 7.04. The molecule has 1 aromatic rings. The highest BCUT2D eigenvalue weighted by Gasteiger charge is 2.28. The SMILES string of the molecule is CCC(CCCc1ccccc1)CC(C(=O)O)C(=O)O. The Morgan fingerprint density at radius 2 is 1.70 bits per heavy atom. The molecule has 0 spiro atoms. The van der Waals surface area contributed by atoms with E-state index in [0.29, 0.717) is 0 Å². The van der Waals surface area contributed by atoms with Crippen LogP contribution in [0.15, 0.2) is 30.3 Å². The Hall–Kier alpha value is -1.84. The van der Waals surface area contributed by atoms with Crippen LogP contribution in [0.5, 0.6) is 0 Å². The molecule has 0 bridgehead atoms. The number of aliphatic carboxylic acids is 2. The third-order valence-electron chi connectivity index (χ3n) is 3.66. The van der Waals surface area contributed by atoms with Crippen LogP contribution in [0.3, 0.4) is 0 Å². The average molecular weight is 278 g/mol. The minimum Gasteiger partial charge on any atom is -0.481 e. The first kappa shape index (κ1) is 16.2. The van der Waals surface area contributed by atoms with Crippen LogP contribution in [-0.4, -0.2) is 22.2 Å². The van der Waals surface area contributed by atoms with Crippen molar-refractivity contribution in [3.63, 3.8) is 0 Å². The van der Waals surface area contributed by atoms with Crippen molar-refractivity contribution in [2.24, 2.45) is 11.8 Å². The fourth-order valence-electron chi connectivity index (χ4n) is 2.37. The van der Waals surface area contributed by atoms with E-state index in [4.69, 9.17) is 10.2 Å². The molecule has 0 aliphatic carbocycles. The highest BCUT2D eigenvalue weighted by Crippen LogP contribution is 2.22. The number of hydrogen-bond acceptors (Lipinski definition) is 2. The lowest BCUT2D eigenvalue weighted by Gasteiger charge is -2.17. The van der Waals surface area contributed by atoms with E-state index in [1.165, 1.54) is 5.56 Å². The van der Waals surface area contributed by atoms with Gasteiger partial charge in [0.15, 0.2) is 5.92 Å². The molecule has 1 unspecified atom stereocenters. The molecule has 0 heterocycles. The topological polar surface area (TPSA) is 74.6 Å². The number of carboxylic acids is 2. The Morgan fingerprint density at radius 1 is 1.10 bits per heavy atom. The summed E-state index contributed by atoms with van der Waals surface area (Å²) < 4.78 is 0. The number of benzene rings is 1. The van der Waals surface area contributed by atoms with Gasteiger partial charge in [0.05, 0.1) is 0 Å². The fraction of sp³-hybridized carbons (Fsp3) is 0.500. The summed E-state index contributed by atoms with van der Waals surface area (Å²) in [6.45, 7) is 1.98. The average Bonchev–Trinajstić information content (AvgIpc) is 2.42. The van der Waals surface area contributed by atoms with Crippen molar-refractivity contribution in [1.82, 2.24) is 0 Å². The molecule has 20 heavy (non-hydrogen) atoms. The zero-order valence-electron chi connectivity index (χ0n) is 11.8. The lowest BCUT2D eigenvalue weighted by molar-refractivity contribution is -0.155. The Morgan fingerprint density at radius 3 is 2.20 bits per heavy atom. The third kappa shape index (κ3) is 5.43. The summed E-state index contributed by atoms with van der Waals surface area (Å²) in [7, 11) is 0. The van der Waals surface area contributed by atoms with Crippen LogP contribution < -0.4 is 0 Å². The maximum absolute atomic E-state index is 10.9. The van der Waals surface area contributed by atoms with Gasteiger partial charge in [0.25, 0.3) is 0 Å². The molecule has 4 heteroatoms. The molecule has 0 radical (unpaired) electrons. The molecular weight excluding hydrogens is 256 g/mol. The van der Waals surface area contributed by atoms with E-state index in [-0.39, 0.29) is 12.3 Å². The van der Waals surface area contributed by atoms with E-state index in [0.717, 1.165) is 25.7 Å². The summed E-state index contributed by atoms with van der Waals surface area (Å²) in [5.41, 5.74) is 1.26. The molecule has 0 amide bonds. The van der Waals surface area contributed by atoms with Gasteiger partial charge >= 0.3 is 11.9 Å². The van der Waals surface area contributed by atoms with Crippen LogP contribution in [0.1, 0.15) is 38.2 Å². The number of rotatable bonds is 9. The van der Waals surface area contributed by atoms with Crippen LogP contribution in [0.2, 0.25) is 0 Å². The van der Waals surface area contributed by atoms with Crippen LogP contribution in [-0.2, 0) is 16.0 Å². The predicted molar refractivity (Wildman–Crippen MR) is 76.5 cm³/mol. The molecule has 0 aliphatic rings. The Bertz CT molecular complexity index is 413. The number of carboxylic acid groups (broad SMARTS) is 2. The molecule has 0 saturated heterocycles. The first-order valence-corrected chi connectivity index (χ1v) is 7.04. The molecule has 1 rings (SSSR count). The summed E-state index contributed by atoms with van der Waals surface area (Å²) >= 11 is 0. The highest BCUT2D eigenvalue weighted by molar-refractivity contribution is 5.92. The molecule has 110 valence electrons. The number of hydrogen-bond donors (Lipinski definition) is 2. The van der Waals surface area contributed by atoms with Crippen molar-refractivity contribution in [3.8, 4) is 0 Å². The third-order valence-corrected chi connectivity index (χ3v) is 3.66. The molecule has 0 aliphatic heterocycles. The van der Waals surface area contributed by atoms with Gasteiger partial charge in [0, 0.05) is 0 Å². The van der Waals surface area contributed by atoms with E-state index in [1.54, 1.807) is 0 Å². The maximum atomic E-state index is 10.9. The monoisotopic (exact) mass is 278 g/mol. The van der Waals surface area contributed by atoms with Gasteiger partial charge in [-0.1, -0.05) is 50.1 Å². The second-order valence-electron chi connectivity index (χ2n) is 5.12. The van der Waals surface area contributed by atoms with Gasteiger partial charge in [-0.3, -0.25) is 9.59 Å². The van der Waals surface area contributed by atoms with Gasteiger partial charge < -0.3 is 10.2 Å². The van der Waals surface area contributed by atoms with Crippen molar-refractivity contribution >= 4 is 11.9 Å². The van der Waals surface area contributed by atoms with Crippen molar-refractivity contribution in [3.05, 3.63) is 35.9 Å². The van der Waals surface area contributed by atoms with Crippen LogP contribution in [0, 0.1) is 11.8 Å². The molecule has 1 aromatic carbocycles. The normalized spacial score (nSPS) is 12.3. The predicted octanol–water partition coefficient (Wildman–Crippen LogP) is 3.21. The highest BCUT2D eigenvalue weighted by atomic mass is 16.4. The molecule has 2 N–H and O–H groups in total. The lowest BCUT2D eigenvalue weighted by Crippen LogP contribution is -2.26. The standard InChI is InChI=1S/C16H22O4/c1-2-12(11-14(15(17)18)16(19)20)9-6-10-13-7-4-3-5-8-13/h3-5,7-8,12,14H,2,6,9-11H2,1H3,(H,17,18)(H,19,20). The van der Waals surface area contributed by atoms with Crippen LogP contribution in [0.25, 0.3) is 0 Å². The van der Waals surface area contributed by atoms with Crippen molar-refractivity contribution < 1.29 is 19.8 Å². The quantitative estimate of drug-likeness (QED) is 0.680. The fourth-order valence-corrected chi connectivity index (χ4v) is 2.37. The second-order valence-corrected chi connectivity index (χ2v) is 5.12. The van der Waals surface area contributed by atoms with Gasteiger partial charge in [-0.15, -0.1) is 0 Å². The van der Waals surface area contributed by atoms with Gasteiger partial charge in [0.1, 0.15) is 0 Å². The van der Waals surface area contributed by atoms with Crippen LogP contribution in [0.4, 0.5) is 0 Å².